The van der Waals surface area contributed by atoms with Crippen molar-refractivity contribution in [3.05, 3.63) is 186 Å². The zero-order chi connectivity index (χ0) is 33.6. The molecule has 0 bridgehead atoms. The van der Waals surface area contributed by atoms with Crippen LogP contribution in [0.4, 0.5) is 0 Å². The van der Waals surface area contributed by atoms with Crippen LogP contribution in [0, 0.1) is 5.92 Å². The van der Waals surface area contributed by atoms with Gasteiger partial charge < -0.3 is 4.42 Å². The van der Waals surface area contributed by atoms with Crippen LogP contribution in [-0.2, 0) is 0 Å². The van der Waals surface area contributed by atoms with Crippen molar-refractivity contribution in [2.24, 2.45) is 15.9 Å². The monoisotopic (exact) mass is 642 g/mol. The third kappa shape index (κ3) is 5.15. The Morgan fingerprint density at radius 1 is 0.500 bits per heavy atom. The first kappa shape index (κ1) is 29.8. The largest absolute Gasteiger partial charge is 0.455 e. The van der Waals surface area contributed by atoms with Crippen LogP contribution in [0.15, 0.2) is 184 Å². The van der Waals surface area contributed by atoms with Gasteiger partial charge in [0, 0.05) is 33.4 Å². The molecule has 0 saturated heterocycles. The van der Waals surface area contributed by atoms with E-state index >= 15 is 0 Å². The van der Waals surface area contributed by atoms with Gasteiger partial charge in [-0.25, -0.2) is 9.98 Å². The average Bonchev–Trinajstić information content (AvgIpc) is 3.52. The van der Waals surface area contributed by atoms with Crippen LogP contribution in [0.25, 0.3) is 60.7 Å². The summed E-state index contributed by atoms with van der Waals surface area (Å²) in [5.74, 6) is 0.714. The van der Waals surface area contributed by atoms with E-state index in [1.54, 1.807) is 0 Å². The second kappa shape index (κ2) is 12.3. The number of rotatable bonds is 5. The summed E-state index contributed by atoms with van der Waals surface area (Å²) in [4.78, 5) is 10.9. The summed E-state index contributed by atoms with van der Waals surface area (Å²) in [7, 11) is 0. The van der Waals surface area contributed by atoms with E-state index in [0.29, 0.717) is 5.84 Å². The average molecular weight is 643 g/mol. The lowest BCUT2D eigenvalue weighted by molar-refractivity contribution is 0.670. The number of hydrogen-bond acceptors (Lipinski definition) is 3. The normalized spacial score (nSPS) is 15.0. The number of aliphatic imine (C=N–C) groups is 2. The van der Waals surface area contributed by atoms with E-state index in [9.17, 15) is 0 Å². The Morgan fingerprint density at radius 3 is 1.90 bits per heavy atom. The Morgan fingerprint density at radius 2 is 1.12 bits per heavy atom. The highest BCUT2D eigenvalue weighted by Crippen LogP contribution is 2.40. The van der Waals surface area contributed by atoms with Crippen molar-refractivity contribution in [1.82, 2.24) is 0 Å². The molecule has 0 N–H and O–H groups in total. The van der Waals surface area contributed by atoms with Crippen LogP contribution < -0.4 is 0 Å². The molecule has 8 aromatic rings. The molecule has 0 spiro atoms. The fourth-order valence-electron chi connectivity index (χ4n) is 7.23. The maximum Gasteiger partial charge on any atom is 0.160 e. The van der Waals surface area contributed by atoms with Crippen molar-refractivity contribution < 1.29 is 4.42 Å². The third-order valence-corrected chi connectivity index (χ3v) is 10.0. The van der Waals surface area contributed by atoms with Gasteiger partial charge in [-0.05, 0) is 69.8 Å². The number of hydrogen-bond donors (Lipinski definition) is 0. The number of furan rings is 1. The van der Waals surface area contributed by atoms with Gasteiger partial charge in [-0.15, -0.1) is 0 Å². The van der Waals surface area contributed by atoms with Crippen LogP contribution in [0.1, 0.15) is 30.5 Å². The molecule has 0 aliphatic carbocycles. The Bertz CT molecular complexity index is 2640. The molecule has 0 fully saturated rings. The molecule has 50 heavy (non-hydrogen) atoms. The highest BCUT2D eigenvalue weighted by molar-refractivity contribution is 6.25. The van der Waals surface area contributed by atoms with Crippen molar-refractivity contribution in [3.8, 4) is 22.3 Å². The van der Waals surface area contributed by atoms with Crippen LogP contribution in [0.2, 0.25) is 0 Å². The lowest BCUT2D eigenvalue weighted by Gasteiger charge is -2.16. The van der Waals surface area contributed by atoms with Crippen LogP contribution >= 0.6 is 0 Å². The van der Waals surface area contributed by atoms with E-state index in [2.05, 4.69) is 159 Å². The zero-order valence-electron chi connectivity index (χ0n) is 28.0. The first-order valence-electron chi connectivity index (χ1n) is 17.2. The fourth-order valence-corrected chi connectivity index (χ4v) is 7.23. The predicted molar refractivity (Wildman–Crippen MR) is 210 cm³/mol. The molecular formula is C47H34N2O. The van der Waals surface area contributed by atoms with Gasteiger partial charge >= 0.3 is 0 Å². The second-order valence-corrected chi connectivity index (χ2v) is 13.0. The summed E-state index contributed by atoms with van der Waals surface area (Å²) in [6.45, 7) is 4.44. The topological polar surface area (TPSA) is 37.9 Å². The van der Waals surface area contributed by atoms with Crippen molar-refractivity contribution >= 4 is 50.0 Å². The van der Waals surface area contributed by atoms with Gasteiger partial charge in [0.15, 0.2) is 5.84 Å². The maximum atomic E-state index is 6.63. The van der Waals surface area contributed by atoms with E-state index in [1.807, 2.05) is 18.2 Å². The number of amidine groups is 1. The van der Waals surface area contributed by atoms with Gasteiger partial charge in [0.2, 0.25) is 0 Å². The minimum absolute atomic E-state index is 0.0361. The Labute approximate surface area is 291 Å². The van der Waals surface area contributed by atoms with Crippen molar-refractivity contribution in [2.45, 2.75) is 13.8 Å². The van der Waals surface area contributed by atoms with Crippen molar-refractivity contribution in [3.63, 3.8) is 0 Å². The molecule has 3 nitrogen and oxygen atoms in total. The number of benzene rings is 7. The van der Waals surface area contributed by atoms with Crippen LogP contribution in [-0.4, -0.2) is 11.5 Å². The molecule has 0 saturated carbocycles. The molecule has 1 aliphatic rings. The number of fused-ring (bicyclic) bond motifs is 4. The highest BCUT2D eigenvalue weighted by Gasteiger charge is 2.26. The molecule has 1 atom stereocenters. The fraction of sp³-hybridized carbons (Fsp3) is 0.0638. The first-order chi connectivity index (χ1) is 24.6. The lowest BCUT2D eigenvalue weighted by atomic mass is 9.89. The smallest absolute Gasteiger partial charge is 0.160 e. The lowest BCUT2D eigenvalue weighted by Crippen LogP contribution is -2.15. The molecule has 238 valence electrons. The van der Waals surface area contributed by atoms with E-state index in [1.165, 1.54) is 27.5 Å². The maximum absolute atomic E-state index is 6.63. The molecule has 3 heteroatoms. The zero-order valence-corrected chi connectivity index (χ0v) is 28.0. The minimum atomic E-state index is 0.0361. The SMILES string of the molecule is CC1=C(c2ccc(-c3ccc4ccccc4c3)cc2)N=C(c2ccc(-c3ccccc3)c3oc4ccccc4c23)N=C(c2ccccc2)[C@@H]1C. The molecule has 0 amide bonds. The predicted octanol–water partition coefficient (Wildman–Crippen LogP) is 12.4. The van der Waals surface area contributed by atoms with Gasteiger partial charge in [0.25, 0.3) is 0 Å². The van der Waals surface area contributed by atoms with Gasteiger partial charge in [-0.3, -0.25) is 0 Å². The molecule has 1 aliphatic heterocycles. The second-order valence-electron chi connectivity index (χ2n) is 13.0. The minimum Gasteiger partial charge on any atom is -0.455 e. The van der Waals surface area contributed by atoms with Crippen molar-refractivity contribution in [2.75, 3.05) is 0 Å². The Hall–Kier alpha value is -6.32. The Balaban J connectivity index is 1.24. The summed E-state index contributed by atoms with van der Waals surface area (Å²) in [5, 5.41) is 4.55. The van der Waals surface area contributed by atoms with Gasteiger partial charge in [-0.1, -0.05) is 146 Å². The summed E-state index contributed by atoms with van der Waals surface area (Å²) >= 11 is 0. The van der Waals surface area contributed by atoms with Crippen LogP contribution in [0.5, 0.6) is 0 Å². The summed E-state index contributed by atoms with van der Waals surface area (Å²) in [6.07, 6.45) is 0. The first-order valence-corrected chi connectivity index (χ1v) is 17.2. The number of nitrogens with zero attached hydrogens (tertiary/aromatic N) is 2. The van der Waals surface area contributed by atoms with E-state index in [-0.39, 0.29) is 5.92 Å². The standard InChI is InChI=1S/C47H34N2O/c1-30-31(2)45(36-24-21-33(22-25-36)38-26-23-32-13-9-10-18-37(32)29-38)49-47(48-44(30)35-16-7-4-8-17-35)41-28-27-39(34-14-5-3-6-15-34)46-43(41)40-19-11-12-20-42(40)50-46/h3-30H,1-2H3/t30-/m1/s1. The third-order valence-electron chi connectivity index (χ3n) is 10.0. The van der Waals surface area contributed by atoms with Gasteiger partial charge in [0.05, 0.1) is 11.4 Å². The summed E-state index contributed by atoms with van der Waals surface area (Å²) in [5.41, 5.74) is 12.4. The molecule has 9 rings (SSSR count). The molecule has 1 aromatic heterocycles. The number of allylic oxidation sites excluding steroid dienone is 1. The summed E-state index contributed by atoms with van der Waals surface area (Å²) in [6, 6.07) is 57.5. The van der Waals surface area contributed by atoms with E-state index < -0.39 is 0 Å². The molecular weight excluding hydrogens is 609 g/mol. The van der Waals surface area contributed by atoms with Gasteiger partial charge in [-0.2, -0.15) is 0 Å². The number of para-hydroxylation sites is 1. The molecule has 0 unspecified atom stereocenters. The molecule has 2 heterocycles. The Kier molecular flexibility index (Phi) is 7.32. The molecule has 0 radical (unpaired) electrons. The van der Waals surface area contributed by atoms with Gasteiger partial charge in [0.1, 0.15) is 11.2 Å². The van der Waals surface area contributed by atoms with E-state index in [0.717, 1.165) is 61.2 Å². The van der Waals surface area contributed by atoms with Crippen LogP contribution in [0.3, 0.4) is 0 Å². The van der Waals surface area contributed by atoms with E-state index in [4.69, 9.17) is 14.4 Å². The highest BCUT2D eigenvalue weighted by atomic mass is 16.3. The summed E-state index contributed by atoms with van der Waals surface area (Å²) < 4.78 is 6.63. The van der Waals surface area contributed by atoms with Crippen molar-refractivity contribution in [1.29, 1.82) is 0 Å². The quantitative estimate of drug-likeness (QED) is 0.184. The molecule has 7 aromatic carbocycles.